The fourth-order valence-electron chi connectivity index (χ4n) is 3.21. The van der Waals surface area contributed by atoms with Crippen LogP contribution in [0, 0.1) is 0 Å². The van der Waals surface area contributed by atoms with E-state index in [1.807, 2.05) is 24.3 Å². The number of carboxylic acids is 1. The number of methoxy groups -OCH3 is 1. The number of aliphatic carboxylic acids is 1. The van der Waals surface area contributed by atoms with Crippen LogP contribution in [-0.2, 0) is 9.59 Å². The smallest absolute Gasteiger partial charge is 0.331 e. The van der Waals surface area contributed by atoms with Gasteiger partial charge >= 0.3 is 5.97 Å². The maximum atomic E-state index is 13.0. The van der Waals surface area contributed by atoms with Crippen molar-refractivity contribution in [3.63, 3.8) is 0 Å². The van der Waals surface area contributed by atoms with Crippen molar-refractivity contribution in [2.45, 2.75) is 6.04 Å². The quantitative estimate of drug-likeness (QED) is 0.418. The number of nitrogens with zero attached hydrogens (tertiary/aromatic N) is 1. The molecule has 31 heavy (non-hydrogen) atoms. The number of carbonyl (C=O) groups excluding carboxylic acids is 1. The Kier molecular flexibility index (Phi) is 5.92. The summed E-state index contributed by atoms with van der Waals surface area (Å²) in [7, 11) is 1.60. The number of carboxylic acid groups (broad SMARTS) is 1. The van der Waals surface area contributed by atoms with Crippen molar-refractivity contribution < 1.29 is 23.8 Å². The van der Waals surface area contributed by atoms with E-state index in [0.717, 1.165) is 28.0 Å². The molecule has 1 aliphatic rings. The van der Waals surface area contributed by atoms with E-state index < -0.39 is 17.9 Å². The molecule has 1 saturated heterocycles. The standard InChI is InChI=1S/C23H17NO5S2/c1-28-16-9-7-14(8-10-16)18-12-11-17(29-18)13-19-21(25)24(23(30)31-19)20(22(26)27)15-5-3-2-4-6-15/h2-13,20H,1H3,(H,26,27)/b19-13-/t20-/m0/s1. The minimum atomic E-state index is -1.19. The molecule has 0 radical (unpaired) electrons. The Morgan fingerprint density at radius 3 is 2.48 bits per heavy atom. The molecule has 1 aliphatic heterocycles. The van der Waals surface area contributed by atoms with Crippen LogP contribution in [-0.4, -0.2) is 33.3 Å². The van der Waals surface area contributed by atoms with Gasteiger partial charge in [-0.1, -0.05) is 54.3 Å². The molecule has 4 rings (SSSR count). The monoisotopic (exact) mass is 451 g/mol. The fourth-order valence-corrected chi connectivity index (χ4v) is 4.50. The number of thiocarbonyl (C=S) groups is 1. The van der Waals surface area contributed by atoms with Crippen LogP contribution in [0.4, 0.5) is 0 Å². The summed E-state index contributed by atoms with van der Waals surface area (Å²) in [5.41, 5.74) is 1.34. The summed E-state index contributed by atoms with van der Waals surface area (Å²) < 4.78 is 11.2. The van der Waals surface area contributed by atoms with Gasteiger partial charge in [-0.3, -0.25) is 9.69 Å². The van der Waals surface area contributed by atoms with Crippen LogP contribution in [0.2, 0.25) is 0 Å². The molecule has 0 unspecified atom stereocenters. The number of benzene rings is 2. The summed E-state index contributed by atoms with van der Waals surface area (Å²) in [6.45, 7) is 0. The number of ether oxygens (including phenoxy) is 1. The van der Waals surface area contributed by atoms with Gasteiger partial charge < -0.3 is 14.3 Å². The number of amides is 1. The lowest BCUT2D eigenvalue weighted by Gasteiger charge is -2.23. The first-order valence-corrected chi connectivity index (χ1v) is 10.5. The SMILES string of the molecule is COc1ccc(-c2ccc(/C=C3\SC(=S)N([C@H](C(=O)O)c4ccccc4)C3=O)o2)cc1. The van der Waals surface area contributed by atoms with Crippen LogP contribution in [0.25, 0.3) is 17.4 Å². The van der Waals surface area contributed by atoms with Crippen LogP contribution < -0.4 is 4.74 Å². The lowest BCUT2D eigenvalue weighted by Crippen LogP contribution is -2.37. The molecular formula is C23H17NO5S2. The summed E-state index contributed by atoms with van der Waals surface area (Å²) in [6, 6.07) is 18.3. The molecule has 1 amide bonds. The van der Waals surface area contributed by atoms with E-state index in [9.17, 15) is 14.7 Å². The molecule has 0 bridgehead atoms. The molecule has 6 nitrogen and oxygen atoms in total. The number of furan rings is 1. The molecule has 1 N–H and O–H groups in total. The van der Waals surface area contributed by atoms with Gasteiger partial charge in [0.1, 0.15) is 21.6 Å². The first-order valence-electron chi connectivity index (χ1n) is 9.27. The number of hydrogen-bond acceptors (Lipinski definition) is 6. The van der Waals surface area contributed by atoms with Gasteiger partial charge in [-0.2, -0.15) is 0 Å². The van der Waals surface area contributed by atoms with Crippen LogP contribution >= 0.6 is 24.0 Å². The third-order valence-corrected chi connectivity index (χ3v) is 6.04. The van der Waals surface area contributed by atoms with Gasteiger partial charge in [-0.25, -0.2) is 4.79 Å². The average Bonchev–Trinajstić information content (AvgIpc) is 3.35. The molecule has 1 fully saturated rings. The lowest BCUT2D eigenvalue weighted by atomic mass is 10.1. The van der Waals surface area contributed by atoms with Gasteiger partial charge in [0.15, 0.2) is 6.04 Å². The van der Waals surface area contributed by atoms with E-state index in [2.05, 4.69) is 0 Å². The molecule has 2 aromatic carbocycles. The van der Waals surface area contributed by atoms with Gasteiger partial charge in [-0.15, -0.1) is 0 Å². The van der Waals surface area contributed by atoms with Gasteiger partial charge in [0, 0.05) is 11.6 Å². The van der Waals surface area contributed by atoms with Crippen molar-refractivity contribution in [3.8, 4) is 17.1 Å². The van der Waals surface area contributed by atoms with Crippen molar-refractivity contribution in [1.82, 2.24) is 4.90 Å². The second-order valence-corrected chi connectivity index (χ2v) is 8.31. The molecule has 2 heterocycles. The second-order valence-electron chi connectivity index (χ2n) is 6.63. The van der Waals surface area contributed by atoms with Crippen LogP contribution in [0.5, 0.6) is 5.75 Å². The van der Waals surface area contributed by atoms with E-state index in [1.165, 1.54) is 0 Å². The first-order chi connectivity index (χ1) is 15.0. The van der Waals surface area contributed by atoms with Gasteiger partial charge in [0.05, 0.1) is 12.0 Å². The van der Waals surface area contributed by atoms with Crippen LogP contribution in [0.1, 0.15) is 17.4 Å². The summed E-state index contributed by atoms with van der Waals surface area (Å²) in [5.74, 6) is 0.234. The third-order valence-electron chi connectivity index (χ3n) is 4.71. The van der Waals surface area contributed by atoms with Crippen LogP contribution in [0.3, 0.4) is 0 Å². The van der Waals surface area contributed by atoms with Crippen molar-refractivity contribution in [2.24, 2.45) is 0 Å². The maximum absolute atomic E-state index is 13.0. The molecule has 0 aliphatic carbocycles. The molecule has 8 heteroatoms. The lowest BCUT2D eigenvalue weighted by molar-refractivity contribution is -0.145. The Labute approximate surface area is 188 Å². The highest BCUT2D eigenvalue weighted by Crippen LogP contribution is 2.38. The third kappa shape index (κ3) is 4.26. The normalized spacial score (nSPS) is 16.0. The molecule has 0 spiro atoms. The molecule has 1 aromatic heterocycles. The zero-order valence-corrected chi connectivity index (χ0v) is 18.0. The van der Waals surface area contributed by atoms with E-state index >= 15 is 0 Å². The number of thioether (sulfide) groups is 1. The van der Waals surface area contributed by atoms with Gasteiger partial charge in [0.2, 0.25) is 0 Å². The summed E-state index contributed by atoms with van der Waals surface area (Å²) in [4.78, 5) is 26.4. The highest BCUT2D eigenvalue weighted by Gasteiger charge is 2.41. The molecule has 1 atom stereocenters. The molecule has 3 aromatic rings. The van der Waals surface area contributed by atoms with Gasteiger partial charge in [0.25, 0.3) is 5.91 Å². The van der Waals surface area contributed by atoms with Crippen LogP contribution in [0.15, 0.2) is 76.1 Å². The zero-order valence-electron chi connectivity index (χ0n) is 16.3. The summed E-state index contributed by atoms with van der Waals surface area (Å²) in [6.07, 6.45) is 1.58. The van der Waals surface area contributed by atoms with E-state index in [1.54, 1.807) is 55.7 Å². The number of hydrogen-bond donors (Lipinski definition) is 1. The fraction of sp³-hybridized carbons (Fsp3) is 0.0870. The Hall–Kier alpha value is -3.36. The Balaban J connectivity index is 1.60. The summed E-state index contributed by atoms with van der Waals surface area (Å²) >= 11 is 6.39. The minimum Gasteiger partial charge on any atom is -0.497 e. The van der Waals surface area contributed by atoms with Gasteiger partial charge in [-0.05, 0) is 42.0 Å². The Morgan fingerprint density at radius 2 is 1.84 bits per heavy atom. The topological polar surface area (TPSA) is 80.0 Å². The van der Waals surface area contributed by atoms with Crippen molar-refractivity contribution in [1.29, 1.82) is 0 Å². The largest absolute Gasteiger partial charge is 0.497 e. The highest BCUT2D eigenvalue weighted by molar-refractivity contribution is 8.26. The highest BCUT2D eigenvalue weighted by atomic mass is 32.2. The van der Waals surface area contributed by atoms with E-state index in [-0.39, 0.29) is 4.32 Å². The van der Waals surface area contributed by atoms with E-state index in [4.69, 9.17) is 21.4 Å². The molecule has 156 valence electrons. The second kappa shape index (κ2) is 8.79. The Bertz CT molecular complexity index is 1170. The van der Waals surface area contributed by atoms with Crippen molar-refractivity contribution in [3.05, 3.63) is 83.0 Å². The Morgan fingerprint density at radius 1 is 1.13 bits per heavy atom. The first kappa shape index (κ1) is 20.9. The van der Waals surface area contributed by atoms with E-state index in [0.29, 0.717) is 22.0 Å². The minimum absolute atomic E-state index is 0.189. The van der Waals surface area contributed by atoms with Crippen molar-refractivity contribution in [2.75, 3.05) is 7.11 Å². The molecular weight excluding hydrogens is 434 g/mol. The zero-order chi connectivity index (χ0) is 22.0. The predicted octanol–water partition coefficient (Wildman–Crippen LogP) is 4.98. The number of rotatable bonds is 6. The van der Waals surface area contributed by atoms with Crippen molar-refractivity contribution >= 4 is 46.3 Å². The maximum Gasteiger partial charge on any atom is 0.331 e. The predicted molar refractivity (Wildman–Crippen MR) is 123 cm³/mol. The average molecular weight is 452 g/mol. The number of carbonyl (C=O) groups is 2. The summed E-state index contributed by atoms with van der Waals surface area (Å²) in [5, 5.41) is 9.76. The molecule has 0 saturated carbocycles.